The van der Waals surface area contributed by atoms with Crippen LogP contribution in [0.5, 0.6) is 5.75 Å². The summed E-state index contributed by atoms with van der Waals surface area (Å²) in [5, 5.41) is 0. The number of sulfone groups is 1. The number of imidazole rings is 1. The van der Waals surface area contributed by atoms with E-state index in [2.05, 4.69) is 6.92 Å². The lowest BCUT2D eigenvalue weighted by Gasteiger charge is -2.29. The van der Waals surface area contributed by atoms with Gasteiger partial charge in [-0.05, 0) is 37.1 Å². The maximum absolute atomic E-state index is 13.4. The van der Waals surface area contributed by atoms with Gasteiger partial charge in [-0.3, -0.25) is 4.79 Å². The molecular weight excluding hydrogens is 426 g/mol. The van der Waals surface area contributed by atoms with Crippen LogP contribution in [0.4, 0.5) is 0 Å². The zero-order valence-electron chi connectivity index (χ0n) is 18.3. The van der Waals surface area contributed by atoms with Crippen molar-refractivity contribution in [3.8, 4) is 5.75 Å². The zero-order chi connectivity index (χ0) is 22.6. The summed E-state index contributed by atoms with van der Waals surface area (Å²) in [5.41, 5.74) is 1.66. The number of unbranched alkanes of at least 4 members (excludes halogenated alkanes) is 1. The number of aromatic nitrogens is 2. The maximum Gasteiger partial charge on any atom is 0.242 e. The number of rotatable bonds is 9. The molecule has 7 nitrogen and oxygen atoms in total. The fourth-order valence-corrected chi connectivity index (χ4v) is 5.89. The van der Waals surface area contributed by atoms with E-state index in [1.165, 1.54) is 0 Å². The second kappa shape index (κ2) is 9.73. The molecule has 1 unspecified atom stereocenters. The van der Waals surface area contributed by atoms with Gasteiger partial charge in [0.1, 0.15) is 24.7 Å². The van der Waals surface area contributed by atoms with Crippen LogP contribution >= 0.6 is 0 Å². The maximum atomic E-state index is 13.4. The average Bonchev–Trinajstić information content (AvgIpc) is 3.33. The Kier molecular flexibility index (Phi) is 6.79. The summed E-state index contributed by atoms with van der Waals surface area (Å²) in [6.45, 7) is 2.97. The van der Waals surface area contributed by atoms with Gasteiger partial charge < -0.3 is 14.2 Å². The predicted molar refractivity (Wildman–Crippen MR) is 124 cm³/mol. The number of carbonyl (C=O) groups is 1. The lowest BCUT2D eigenvalue weighted by atomic mass is 10.2. The van der Waals surface area contributed by atoms with Crippen LogP contribution in [0.1, 0.15) is 32.0 Å². The summed E-state index contributed by atoms with van der Waals surface area (Å²) in [6.07, 6.45) is 2.29. The van der Waals surface area contributed by atoms with Crippen LogP contribution in [0.25, 0.3) is 11.0 Å². The topological polar surface area (TPSA) is 81.5 Å². The number of hydrogen-bond donors (Lipinski definition) is 0. The summed E-state index contributed by atoms with van der Waals surface area (Å²) < 4.78 is 31.9. The largest absolute Gasteiger partial charge is 0.486 e. The van der Waals surface area contributed by atoms with E-state index in [4.69, 9.17) is 9.72 Å². The van der Waals surface area contributed by atoms with Gasteiger partial charge in [0.05, 0.1) is 22.5 Å². The first-order chi connectivity index (χ1) is 15.5. The minimum Gasteiger partial charge on any atom is -0.486 e. The molecule has 1 aliphatic heterocycles. The average molecular weight is 456 g/mol. The molecule has 1 atom stereocenters. The molecule has 1 amide bonds. The molecule has 1 fully saturated rings. The summed E-state index contributed by atoms with van der Waals surface area (Å²) in [4.78, 5) is 19.9. The van der Waals surface area contributed by atoms with Gasteiger partial charge in [-0.25, -0.2) is 13.4 Å². The van der Waals surface area contributed by atoms with Crippen LogP contribution in [0.3, 0.4) is 0 Å². The molecule has 170 valence electrons. The van der Waals surface area contributed by atoms with E-state index in [1.54, 1.807) is 4.90 Å². The van der Waals surface area contributed by atoms with Crippen LogP contribution in [-0.4, -0.2) is 52.9 Å². The predicted octanol–water partition coefficient (Wildman–Crippen LogP) is 3.43. The molecule has 2 aromatic carbocycles. The number of carbonyl (C=O) groups excluding carboxylic acids is 1. The number of amides is 1. The highest BCUT2D eigenvalue weighted by Gasteiger charge is 2.34. The van der Waals surface area contributed by atoms with Gasteiger partial charge in [0, 0.05) is 12.6 Å². The monoisotopic (exact) mass is 455 g/mol. The lowest BCUT2D eigenvalue weighted by molar-refractivity contribution is -0.133. The third kappa shape index (κ3) is 5.12. The Balaban J connectivity index is 1.58. The van der Waals surface area contributed by atoms with Crippen molar-refractivity contribution in [2.75, 3.05) is 18.1 Å². The van der Waals surface area contributed by atoms with Crippen LogP contribution < -0.4 is 4.74 Å². The van der Waals surface area contributed by atoms with Crippen LogP contribution in [0, 0.1) is 0 Å². The van der Waals surface area contributed by atoms with Gasteiger partial charge in [-0.1, -0.05) is 43.7 Å². The van der Waals surface area contributed by atoms with Gasteiger partial charge in [0.2, 0.25) is 5.91 Å². The molecule has 3 aromatic rings. The second-order valence-electron chi connectivity index (χ2n) is 8.20. The van der Waals surface area contributed by atoms with Crippen molar-refractivity contribution in [3.63, 3.8) is 0 Å². The number of benzene rings is 2. The van der Waals surface area contributed by atoms with Crippen molar-refractivity contribution >= 4 is 26.8 Å². The molecule has 0 saturated carbocycles. The smallest absolute Gasteiger partial charge is 0.242 e. The highest BCUT2D eigenvalue weighted by molar-refractivity contribution is 7.91. The first-order valence-corrected chi connectivity index (χ1v) is 12.9. The van der Waals surface area contributed by atoms with E-state index >= 15 is 0 Å². The minimum absolute atomic E-state index is 0.0527. The molecule has 1 aromatic heterocycles. The molecule has 0 bridgehead atoms. The first kappa shape index (κ1) is 22.3. The first-order valence-electron chi connectivity index (χ1n) is 11.1. The molecule has 8 heteroatoms. The molecule has 1 aliphatic rings. The number of ether oxygens (including phenoxy) is 1. The Morgan fingerprint density at radius 2 is 1.91 bits per heavy atom. The highest BCUT2D eigenvalue weighted by atomic mass is 32.2. The van der Waals surface area contributed by atoms with E-state index in [-0.39, 0.29) is 36.6 Å². The molecule has 2 heterocycles. The van der Waals surface area contributed by atoms with Gasteiger partial charge in [-0.2, -0.15) is 0 Å². The Morgan fingerprint density at radius 1 is 1.16 bits per heavy atom. The fourth-order valence-electron chi connectivity index (χ4n) is 4.16. The molecule has 4 rings (SSSR count). The zero-order valence-corrected chi connectivity index (χ0v) is 19.1. The summed E-state index contributed by atoms with van der Waals surface area (Å²) >= 11 is 0. The van der Waals surface area contributed by atoms with Gasteiger partial charge in [0.25, 0.3) is 0 Å². The standard InChI is InChI=1S/C24H29N3O4S/c1-2-3-14-26(19-13-15-32(29,30)18-19)24(28)16-27-22-12-8-7-11-21(22)25-23(27)17-31-20-9-5-4-6-10-20/h4-12,19H,2-3,13-18H2,1H3. The molecular formula is C24H29N3O4S. The van der Waals surface area contributed by atoms with Crippen LogP contribution in [0.2, 0.25) is 0 Å². The van der Waals surface area contributed by atoms with E-state index in [0.717, 1.165) is 29.6 Å². The van der Waals surface area contributed by atoms with Gasteiger partial charge in [-0.15, -0.1) is 0 Å². The van der Waals surface area contributed by atoms with Crippen LogP contribution in [0.15, 0.2) is 54.6 Å². The van der Waals surface area contributed by atoms with Crippen molar-refractivity contribution in [3.05, 3.63) is 60.4 Å². The number of nitrogens with zero attached hydrogens (tertiary/aromatic N) is 3. The summed E-state index contributed by atoms with van der Waals surface area (Å²) in [7, 11) is -3.08. The minimum atomic E-state index is -3.08. The lowest BCUT2D eigenvalue weighted by Crippen LogP contribution is -2.43. The SMILES string of the molecule is CCCCN(C(=O)Cn1c(COc2ccccc2)nc2ccccc21)C1CCS(=O)(=O)C1. The summed E-state index contributed by atoms with van der Waals surface area (Å²) in [6, 6.07) is 16.9. The normalized spacial score (nSPS) is 17.5. The molecule has 1 saturated heterocycles. The van der Waals surface area contributed by atoms with Crippen LogP contribution in [-0.2, 0) is 27.8 Å². The van der Waals surface area contributed by atoms with E-state index < -0.39 is 9.84 Å². The van der Waals surface area contributed by atoms with E-state index in [9.17, 15) is 13.2 Å². The molecule has 0 spiro atoms. The Bertz CT molecular complexity index is 1170. The molecule has 0 N–H and O–H groups in total. The van der Waals surface area contributed by atoms with E-state index in [0.29, 0.717) is 18.8 Å². The van der Waals surface area contributed by atoms with Crippen molar-refractivity contribution in [1.29, 1.82) is 0 Å². The molecule has 0 aliphatic carbocycles. The second-order valence-corrected chi connectivity index (χ2v) is 10.4. The molecule has 32 heavy (non-hydrogen) atoms. The fraction of sp³-hybridized carbons (Fsp3) is 0.417. The molecule has 0 radical (unpaired) electrons. The Morgan fingerprint density at radius 3 is 2.62 bits per heavy atom. The van der Waals surface area contributed by atoms with Gasteiger partial charge >= 0.3 is 0 Å². The number of para-hydroxylation sites is 3. The quantitative estimate of drug-likeness (QED) is 0.494. The van der Waals surface area contributed by atoms with Crippen molar-refractivity contribution in [1.82, 2.24) is 14.5 Å². The van der Waals surface area contributed by atoms with Gasteiger partial charge in [0.15, 0.2) is 9.84 Å². The Labute approximate surface area is 188 Å². The summed E-state index contributed by atoms with van der Waals surface area (Å²) in [5.74, 6) is 1.52. The van der Waals surface area contributed by atoms with Crippen molar-refractivity contribution < 1.29 is 17.9 Å². The highest BCUT2D eigenvalue weighted by Crippen LogP contribution is 2.22. The number of fused-ring (bicyclic) bond motifs is 1. The third-order valence-electron chi connectivity index (χ3n) is 5.86. The number of hydrogen-bond acceptors (Lipinski definition) is 5. The van der Waals surface area contributed by atoms with E-state index in [1.807, 2.05) is 59.2 Å². The van der Waals surface area contributed by atoms with Crippen molar-refractivity contribution in [2.24, 2.45) is 0 Å². The third-order valence-corrected chi connectivity index (χ3v) is 7.61. The van der Waals surface area contributed by atoms with Crippen molar-refractivity contribution in [2.45, 2.75) is 45.4 Å². The Hall–Kier alpha value is -2.87.